The predicted octanol–water partition coefficient (Wildman–Crippen LogP) is 5.93. The van der Waals surface area contributed by atoms with Crippen LogP contribution in [0.2, 0.25) is 5.15 Å². The second-order valence-corrected chi connectivity index (χ2v) is 8.66. The van der Waals surface area contributed by atoms with Gasteiger partial charge in [-0.3, -0.25) is 14.5 Å². The molecule has 0 aliphatic carbocycles. The first-order valence-corrected chi connectivity index (χ1v) is 11.1. The molecule has 1 atom stereocenters. The number of amides is 1. The van der Waals surface area contributed by atoms with E-state index in [1.165, 1.54) is 24.3 Å². The zero-order valence-electron chi connectivity index (χ0n) is 19.0. The Bertz CT molecular complexity index is 1320. The summed E-state index contributed by atoms with van der Waals surface area (Å²) in [6, 6.07) is 12.9. The van der Waals surface area contributed by atoms with Crippen LogP contribution in [0.4, 0.5) is 19.0 Å². The molecule has 7 nitrogen and oxygen atoms in total. The molecule has 36 heavy (non-hydrogen) atoms. The molecule has 4 rings (SSSR count). The van der Waals surface area contributed by atoms with Crippen LogP contribution in [-0.4, -0.2) is 33.4 Å². The van der Waals surface area contributed by atoms with Crippen molar-refractivity contribution in [2.24, 2.45) is 0 Å². The summed E-state index contributed by atoms with van der Waals surface area (Å²) in [4.78, 5) is 27.7. The highest BCUT2D eigenvalue weighted by molar-refractivity contribution is 6.29. The van der Waals surface area contributed by atoms with E-state index in [4.69, 9.17) is 11.6 Å². The quantitative estimate of drug-likeness (QED) is 0.407. The summed E-state index contributed by atoms with van der Waals surface area (Å²) in [7, 11) is 0. The lowest BCUT2D eigenvalue weighted by Crippen LogP contribution is -2.32. The van der Waals surface area contributed by atoms with Crippen LogP contribution in [0.3, 0.4) is 0 Å². The molecule has 0 bridgehead atoms. The standard InChI is InChI=1S/C25H19ClF3N3O4/c1-13(2)14-3-5-16(6-4-14)22(33)20-21(15-7-9-17(10-8-15)36-25(27,28)29)32(24(35)23(20)34)19-12-11-18(26)30-31-19/h3-13,21,34H,1-2H3. The molecule has 1 aliphatic rings. The Morgan fingerprint density at radius 2 is 1.67 bits per heavy atom. The van der Waals surface area contributed by atoms with E-state index in [1.54, 1.807) is 24.3 Å². The summed E-state index contributed by atoms with van der Waals surface area (Å²) < 4.78 is 41.7. The number of aliphatic hydroxyl groups is 1. The van der Waals surface area contributed by atoms with Crippen molar-refractivity contribution in [1.82, 2.24) is 10.2 Å². The molecule has 186 valence electrons. The summed E-state index contributed by atoms with van der Waals surface area (Å²) in [5, 5.41) is 18.4. The lowest BCUT2D eigenvalue weighted by Gasteiger charge is -2.25. The number of nitrogens with zero attached hydrogens (tertiary/aromatic N) is 3. The van der Waals surface area contributed by atoms with Crippen molar-refractivity contribution in [1.29, 1.82) is 0 Å². The molecule has 1 unspecified atom stereocenters. The molecular formula is C25H19ClF3N3O4. The maximum Gasteiger partial charge on any atom is 0.573 e. The van der Waals surface area contributed by atoms with Gasteiger partial charge in [-0.1, -0.05) is 61.8 Å². The van der Waals surface area contributed by atoms with E-state index < -0.39 is 35.6 Å². The second kappa shape index (κ2) is 9.62. The van der Waals surface area contributed by atoms with Crippen molar-refractivity contribution < 1.29 is 32.6 Å². The van der Waals surface area contributed by atoms with Gasteiger partial charge in [0.25, 0.3) is 5.91 Å². The molecule has 1 aromatic heterocycles. The van der Waals surface area contributed by atoms with Gasteiger partial charge in [0.2, 0.25) is 0 Å². The van der Waals surface area contributed by atoms with Gasteiger partial charge in [0, 0.05) is 5.56 Å². The number of ketones is 1. The fraction of sp³-hybridized carbons (Fsp3) is 0.200. The molecule has 2 aromatic carbocycles. The maximum absolute atomic E-state index is 13.5. The number of hydrogen-bond donors (Lipinski definition) is 1. The molecule has 1 aliphatic heterocycles. The van der Waals surface area contributed by atoms with Crippen molar-refractivity contribution in [3.8, 4) is 5.75 Å². The van der Waals surface area contributed by atoms with Gasteiger partial charge in [-0.25, -0.2) is 0 Å². The fourth-order valence-electron chi connectivity index (χ4n) is 3.85. The van der Waals surface area contributed by atoms with Crippen LogP contribution in [0.15, 0.2) is 72.0 Å². The van der Waals surface area contributed by atoms with E-state index in [9.17, 15) is 27.9 Å². The monoisotopic (exact) mass is 517 g/mol. The molecule has 1 amide bonds. The van der Waals surface area contributed by atoms with Gasteiger partial charge < -0.3 is 9.84 Å². The Hall–Kier alpha value is -3.92. The smallest absolute Gasteiger partial charge is 0.503 e. The number of carbonyl (C=O) groups is 2. The van der Waals surface area contributed by atoms with Crippen molar-refractivity contribution >= 4 is 29.1 Å². The van der Waals surface area contributed by atoms with Crippen LogP contribution < -0.4 is 9.64 Å². The molecule has 11 heteroatoms. The zero-order chi connectivity index (χ0) is 26.2. The van der Waals surface area contributed by atoms with E-state index in [0.717, 1.165) is 22.6 Å². The number of benzene rings is 2. The van der Waals surface area contributed by atoms with Crippen LogP contribution in [0.1, 0.15) is 47.3 Å². The van der Waals surface area contributed by atoms with E-state index in [1.807, 2.05) is 13.8 Å². The first-order chi connectivity index (χ1) is 17.0. The average Bonchev–Trinajstić information content (AvgIpc) is 3.09. The van der Waals surface area contributed by atoms with Crippen LogP contribution in [0.25, 0.3) is 0 Å². The minimum absolute atomic E-state index is 0.0190. The summed E-state index contributed by atoms with van der Waals surface area (Å²) in [5.74, 6) is -2.63. The summed E-state index contributed by atoms with van der Waals surface area (Å²) >= 11 is 5.80. The normalized spacial score (nSPS) is 16.1. The Balaban J connectivity index is 1.79. The van der Waals surface area contributed by atoms with Gasteiger partial charge >= 0.3 is 6.36 Å². The SMILES string of the molecule is CC(C)c1ccc(C(=O)C2=C(O)C(=O)N(c3ccc(Cl)nn3)C2c2ccc(OC(F)(F)F)cc2)cc1. The van der Waals surface area contributed by atoms with Crippen molar-refractivity contribution in [3.63, 3.8) is 0 Å². The maximum atomic E-state index is 13.5. The van der Waals surface area contributed by atoms with Crippen molar-refractivity contribution in [2.45, 2.75) is 32.2 Å². The highest BCUT2D eigenvalue weighted by Gasteiger charge is 2.45. The van der Waals surface area contributed by atoms with E-state index in [-0.39, 0.29) is 33.6 Å². The van der Waals surface area contributed by atoms with Crippen molar-refractivity contribution in [3.05, 3.63) is 93.8 Å². The van der Waals surface area contributed by atoms with Crippen LogP contribution in [0, 0.1) is 0 Å². The van der Waals surface area contributed by atoms with Crippen LogP contribution >= 0.6 is 11.6 Å². The largest absolute Gasteiger partial charge is 0.573 e. The van der Waals surface area contributed by atoms with Crippen LogP contribution in [-0.2, 0) is 4.79 Å². The summed E-state index contributed by atoms with van der Waals surface area (Å²) in [6.07, 6.45) is -4.89. The number of Topliss-reactive ketones (excluding diaryl/α,β-unsaturated/α-hetero) is 1. The van der Waals surface area contributed by atoms with Gasteiger partial charge in [0.05, 0.1) is 11.6 Å². The fourth-order valence-corrected chi connectivity index (χ4v) is 3.95. The molecule has 3 aromatic rings. The van der Waals surface area contributed by atoms with Crippen molar-refractivity contribution in [2.75, 3.05) is 4.90 Å². The highest BCUT2D eigenvalue weighted by atomic mass is 35.5. The van der Waals surface area contributed by atoms with E-state index in [0.29, 0.717) is 0 Å². The number of anilines is 1. The van der Waals surface area contributed by atoms with Crippen LogP contribution in [0.5, 0.6) is 5.75 Å². The number of aliphatic hydroxyl groups excluding tert-OH is 1. The minimum atomic E-state index is -4.89. The number of hydrogen-bond acceptors (Lipinski definition) is 6. The Labute approximate surface area is 208 Å². The third-order valence-electron chi connectivity index (χ3n) is 5.59. The van der Waals surface area contributed by atoms with E-state index >= 15 is 0 Å². The molecular weight excluding hydrogens is 499 g/mol. The Kier molecular flexibility index (Phi) is 6.73. The molecule has 0 radical (unpaired) electrons. The van der Waals surface area contributed by atoms with Gasteiger partial charge in [-0.05, 0) is 41.3 Å². The minimum Gasteiger partial charge on any atom is -0.503 e. The van der Waals surface area contributed by atoms with Gasteiger partial charge in [0.1, 0.15) is 5.75 Å². The third-order valence-corrected chi connectivity index (χ3v) is 5.79. The molecule has 0 saturated carbocycles. The average molecular weight is 518 g/mol. The molecule has 1 N–H and O–H groups in total. The summed E-state index contributed by atoms with van der Waals surface area (Å²) in [5.41, 5.74) is 1.20. The van der Waals surface area contributed by atoms with Gasteiger partial charge in [-0.2, -0.15) is 0 Å². The number of halogens is 4. The first kappa shape index (κ1) is 25.2. The second-order valence-electron chi connectivity index (χ2n) is 8.28. The number of alkyl halides is 3. The molecule has 0 fully saturated rings. The van der Waals surface area contributed by atoms with Gasteiger partial charge in [0.15, 0.2) is 22.5 Å². The number of aromatic nitrogens is 2. The van der Waals surface area contributed by atoms with E-state index in [2.05, 4.69) is 14.9 Å². The van der Waals surface area contributed by atoms with Gasteiger partial charge in [-0.15, -0.1) is 23.4 Å². The number of rotatable bonds is 6. The summed E-state index contributed by atoms with van der Waals surface area (Å²) in [6.45, 7) is 3.99. The number of carbonyl (C=O) groups excluding carboxylic acids is 2. The lowest BCUT2D eigenvalue weighted by atomic mass is 9.91. The zero-order valence-corrected chi connectivity index (χ0v) is 19.7. The predicted molar refractivity (Wildman–Crippen MR) is 125 cm³/mol. The number of ether oxygens (including phenoxy) is 1. The Morgan fingerprint density at radius 3 is 2.19 bits per heavy atom. The third kappa shape index (κ3) is 5.03. The Morgan fingerprint density at radius 1 is 1.03 bits per heavy atom. The molecule has 0 spiro atoms. The molecule has 2 heterocycles. The first-order valence-electron chi connectivity index (χ1n) is 10.7. The topological polar surface area (TPSA) is 92.6 Å². The lowest BCUT2D eigenvalue weighted by molar-refractivity contribution is -0.274. The highest BCUT2D eigenvalue weighted by Crippen LogP contribution is 2.42. The molecule has 0 saturated heterocycles.